The highest BCUT2D eigenvalue weighted by molar-refractivity contribution is 5.66. The zero-order valence-electron chi connectivity index (χ0n) is 22.4. The van der Waals surface area contributed by atoms with Crippen LogP contribution in [0.25, 0.3) is 23.0 Å². The number of hydrogen-bond acceptors (Lipinski definition) is 8. The zero-order valence-corrected chi connectivity index (χ0v) is 22.4. The highest BCUT2D eigenvalue weighted by Crippen LogP contribution is 2.41. The van der Waals surface area contributed by atoms with E-state index in [1.54, 1.807) is 6.33 Å². The molecule has 37 heavy (non-hydrogen) atoms. The fourth-order valence-corrected chi connectivity index (χ4v) is 4.65. The third-order valence-corrected chi connectivity index (χ3v) is 7.13. The van der Waals surface area contributed by atoms with Gasteiger partial charge in [0, 0.05) is 25.6 Å². The van der Waals surface area contributed by atoms with E-state index in [1.807, 2.05) is 6.33 Å². The molecule has 198 valence electrons. The molecule has 0 unspecified atom stereocenters. The second-order valence-corrected chi connectivity index (χ2v) is 10.3. The van der Waals surface area contributed by atoms with E-state index in [9.17, 15) is 0 Å². The van der Waals surface area contributed by atoms with Crippen LogP contribution >= 0.6 is 0 Å². The van der Waals surface area contributed by atoms with Crippen LogP contribution in [0, 0.1) is 5.92 Å². The largest absolute Gasteiger partial charge is 0.369 e. The zero-order chi connectivity index (χ0) is 25.8. The molecule has 6 rings (SSSR count). The molecule has 6 aliphatic rings. The van der Waals surface area contributed by atoms with Crippen LogP contribution < -0.4 is 11.1 Å². The molecule has 2 saturated carbocycles. The normalized spacial score (nSPS) is 15.2. The molecule has 0 radical (unpaired) electrons. The van der Waals surface area contributed by atoms with Crippen molar-refractivity contribution in [2.75, 3.05) is 17.6 Å². The maximum Gasteiger partial charge on any atom is 0.202 e. The van der Waals surface area contributed by atoms with Crippen molar-refractivity contribution < 1.29 is 0 Å². The number of unbranched alkanes of at least 4 members (excludes halogenated alkanes) is 3. The van der Waals surface area contributed by atoms with Gasteiger partial charge in [-0.25, -0.2) is 29.9 Å². The number of nitrogens with one attached hydrogen (secondary N) is 1. The van der Waals surface area contributed by atoms with E-state index >= 15 is 0 Å². The van der Waals surface area contributed by atoms with Gasteiger partial charge in [-0.05, 0) is 51.4 Å². The molecule has 0 aromatic heterocycles. The molecule has 2 aliphatic carbocycles. The lowest BCUT2D eigenvalue weighted by Crippen LogP contribution is -2.15. The Morgan fingerprint density at radius 3 is 2.46 bits per heavy atom. The molecule has 0 aromatic carbocycles. The van der Waals surface area contributed by atoms with Gasteiger partial charge in [-0.15, -0.1) is 0 Å². The predicted octanol–water partition coefficient (Wildman–Crippen LogP) is 5.00. The third kappa shape index (κ3) is 5.83. The molecule has 3 N–H and O–H groups in total. The highest BCUT2D eigenvalue weighted by atomic mass is 15.2. The number of imidazole rings is 2. The predicted molar refractivity (Wildman–Crippen MR) is 146 cm³/mol. The molecule has 0 atom stereocenters. The maximum atomic E-state index is 6.12. The van der Waals surface area contributed by atoms with Crippen molar-refractivity contribution in [3.8, 4) is 23.0 Å². The molecule has 10 heteroatoms. The van der Waals surface area contributed by atoms with Gasteiger partial charge in [-0.2, -0.15) is 0 Å². The number of nitrogen functional groups attached to an aromatic ring is 1. The average Bonchev–Trinajstić information content (AvgIpc) is 3.83. The quantitative estimate of drug-likeness (QED) is 0.273. The minimum absolute atomic E-state index is 0.577. The standard InChI is InChI=1S/C14H19N5.C13H21N5/c1-2-10-11-13(18-12(17-11)9-5-6-9)19(14(15)16-10)7-8-3-4-8;1-3-5-6-7-8-18-10-17-12(14-4-2)11-13(18)16-9-15-11/h8-9H,2-7H2,1H3,(H2,15,16);9-10,14H,3-8H2,1-2H3. The second-order valence-electron chi connectivity index (χ2n) is 10.3. The van der Waals surface area contributed by atoms with Gasteiger partial charge in [-0.1, -0.05) is 33.1 Å². The van der Waals surface area contributed by atoms with E-state index in [2.05, 4.69) is 55.2 Å². The summed E-state index contributed by atoms with van der Waals surface area (Å²) in [6.45, 7) is 9.13. The van der Waals surface area contributed by atoms with Crippen molar-refractivity contribution in [2.45, 2.75) is 97.6 Å². The lowest BCUT2D eigenvalue weighted by atomic mass is 10.2. The highest BCUT2D eigenvalue weighted by Gasteiger charge is 2.32. The number of anilines is 2. The Morgan fingerprint density at radius 2 is 1.76 bits per heavy atom. The van der Waals surface area contributed by atoms with Crippen LogP contribution in [0.5, 0.6) is 0 Å². The summed E-state index contributed by atoms with van der Waals surface area (Å²) < 4.78 is 4.17. The molecular weight excluding hydrogens is 464 g/mol. The lowest BCUT2D eigenvalue weighted by molar-refractivity contribution is 0.575. The minimum atomic E-state index is 0.577. The van der Waals surface area contributed by atoms with Crippen molar-refractivity contribution in [3.63, 3.8) is 0 Å². The monoisotopic (exact) mass is 504 g/mol. The molecule has 0 aromatic rings. The molecule has 0 spiro atoms. The van der Waals surface area contributed by atoms with Crippen LogP contribution in [0.4, 0.5) is 11.8 Å². The van der Waals surface area contributed by atoms with Crippen LogP contribution in [0.3, 0.4) is 0 Å². The van der Waals surface area contributed by atoms with Crippen molar-refractivity contribution >= 4 is 11.8 Å². The fraction of sp³-hybridized carbons (Fsp3) is 0.630. The SMILES string of the molecule is CCCCCCn1cnc(NCC)c2ncnc1-2.CCc1nc(N)n(CC2CC2)c2nc(C3CC3)nc1-2. The molecule has 0 saturated heterocycles. The molecule has 10 nitrogen and oxygen atoms in total. The molecule has 4 aliphatic heterocycles. The topological polar surface area (TPSA) is 125 Å². The number of fused-ring (bicyclic) bond motifs is 2. The Bertz CT molecular complexity index is 1240. The number of rotatable bonds is 11. The first kappa shape index (κ1) is 25.4. The average molecular weight is 505 g/mol. The number of aromatic nitrogens is 8. The van der Waals surface area contributed by atoms with Crippen LogP contribution in [-0.2, 0) is 19.5 Å². The van der Waals surface area contributed by atoms with Crippen LogP contribution in [0.15, 0.2) is 12.7 Å². The van der Waals surface area contributed by atoms with Crippen LogP contribution in [-0.4, -0.2) is 45.6 Å². The first-order valence-corrected chi connectivity index (χ1v) is 14.0. The third-order valence-electron chi connectivity index (χ3n) is 7.13. The Labute approximate surface area is 219 Å². The van der Waals surface area contributed by atoms with E-state index < -0.39 is 0 Å². The summed E-state index contributed by atoms with van der Waals surface area (Å²) >= 11 is 0. The van der Waals surface area contributed by atoms with E-state index in [1.165, 1.54) is 51.4 Å². The summed E-state index contributed by atoms with van der Waals surface area (Å²) in [6.07, 6.45) is 14.3. The fourth-order valence-electron chi connectivity index (χ4n) is 4.65. The van der Waals surface area contributed by atoms with Gasteiger partial charge in [0.05, 0.1) is 12.0 Å². The summed E-state index contributed by atoms with van der Waals surface area (Å²) in [5, 5.41) is 3.21. The molecule has 4 heterocycles. The van der Waals surface area contributed by atoms with Gasteiger partial charge in [0.1, 0.15) is 23.5 Å². The van der Waals surface area contributed by atoms with Gasteiger partial charge in [0.2, 0.25) is 5.95 Å². The van der Waals surface area contributed by atoms with Gasteiger partial charge in [-0.3, -0.25) is 4.57 Å². The molecule has 0 bridgehead atoms. The Morgan fingerprint density at radius 1 is 0.919 bits per heavy atom. The maximum absolute atomic E-state index is 6.12. The Kier molecular flexibility index (Phi) is 7.81. The molecule has 0 amide bonds. The minimum Gasteiger partial charge on any atom is -0.369 e. The molecule has 2 fully saturated rings. The lowest BCUT2D eigenvalue weighted by Gasteiger charge is -2.15. The number of nitrogens with two attached hydrogens (primary N) is 1. The van der Waals surface area contributed by atoms with E-state index in [0.717, 1.165) is 72.3 Å². The summed E-state index contributed by atoms with van der Waals surface area (Å²) in [5.41, 5.74) is 8.95. The van der Waals surface area contributed by atoms with Crippen LogP contribution in [0.1, 0.15) is 89.6 Å². The van der Waals surface area contributed by atoms with Crippen molar-refractivity contribution in [1.82, 2.24) is 39.0 Å². The van der Waals surface area contributed by atoms with E-state index in [0.29, 0.717) is 11.9 Å². The van der Waals surface area contributed by atoms with Gasteiger partial charge in [0.25, 0.3) is 0 Å². The van der Waals surface area contributed by atoms with Gasteiger partial charge >= 0.3 is 0 Å². The number of aryl methyl sites for hydroxylation is 2. The first-order valence-electron chi connectivity index (χ1n) is 14.0. The van der Waals surface area contributed by atoms with Crippen molar-refractivity contribution in [3.05, 3.63) is 24.2 Å². The van der Waals surface area contributed by atoms with E-state index in [-0.39, 0.29) is 0 Å². The van der Waals surface area contributed by atoms with Gasteiger partial charge in [0.15, 0.2) is 17.5 Å². The smallest absolute Gasteiger partial charge is 0.202 e. The number of nitrogens with zero attached hydrogens (tertiary/aromatic N) is 8. The summed E-state index contributed by atoms with van der Waals surface area (Å²) in [4.78, 5) is 27.0. The summed E-state index contributed by atoms with van der Waals surface area (Å²) in [7, 11) is 0. The van der Waals surface area contributed by atoms with Crippen molar-refractivity contribution in [1.29, 1.82) is 0 Å². The van der Waals surface area contributed by atoms with Crippen LogP contribution in [0.2, 0.25) is 0 Å². The van der Waals surface area contributed by atoms with E-state index in [4.69, 9.17) is 15.7 Å². The summed E-state index contributed by atoms with van der Waals surface area (Å²) in [5.74, 6) is 5.64. The van der Waals surface area contributed by atoms with Gasteiger partial charge < -0.3 is 15.6 Å². The van der Waals surface area contributed by atoms with Crippen molar-refractivity contribution in [2.24, 2.45) is 5.92 Å². The first-order chi connectivity index (χ1) is 18.1. The Balaban J connectivity index is 0.000000152. The molecular formula is C27H40N10. The second kappa shape index (κ2) is 11.4. The summed E-state index contributed by atoms with van der Waals surface area (Å²) in [6, 6.07) is 0. The Hall–Kier alpha value is -3.30. The number of hydrogen-bond donors (Lipinski definition) is 2.